The van der Waals surface area contributed by atoms with Crippen LogP contribution in [0.1, 0.15) is 5.56 Å². The third-order valence-electron chi connectivity index (χ3n) is 2.28. The minimum absolute atomic E-state index is 0.242. The van der Waals surface area contributed by atoms with Crippen LogP contribution in [0.5, 0.6) is 0 Å². The topological polar surface area (TPSA) is 46.9 Å². The number of hydrogen-bond donors (Lipinski definition) is 1. The summed E-state index contributed by atoms with van der Waals surface area (Å²) in [6.07, 6.45) is 4.85. The second-order valence-corrected chi connectivity index (χ2v) is 4.13. The number of nitrogens with zero attached hydrogens (tertiary/aromatic N) is 2. The number of carbonyl (C=O) groups excluding carboxylic acids is 1. The maximum Gasteiger partial charge on any atom is 0.249 e. The average Bonchev–Trinajstić information content (AvgIpc) is 2.74. The van der Waals surface area contributed by atoms with E-state index < -0.39 is 0 Å². The van der Waals surface area contributed by atoms with Gasteiger partial charge in [0, 0.05) is 30.4 Å². The SMILES string of the molecule is Cn1ccc(NC(=O)/C=C/c2ccccc2Cl)n1. The highest BCUT2D eigenvalue weighted by Gasteiger charge is 2.00. The van der Waals surface area contributed by atoms with Crippen molar-refractivity contribution in [2.75, 3.05) is 5.32 Å². The molecule has 0 saturated carbocycles. The predicted molar refractivity (Wildman–Crippen MR) is 72.3 cm³/mol. The molecular weight excluding hydrogens is 250 g/mol. The lowest BCUT2D eigenvalue weighted by Crippen LogP contribution is -2.08. The first-order chi connectivity index (χ1) is 8.65. The zero-order valence-corrected chi connectivity index (χ0v) is 10.6. The highest BCUT2D eigenvalue weighted by Crippen LogP contribution is 2.16. The van der Waals surface area contributed by atoms with E-state index >= 15 is 0 Å². The van der Waals surface area contributed by atoms with Gasteiger partial charge in [-0.3, -0.25) is 9.48 Å². The van der Waals surface area contributed by atoms with E-state index in [9.17, 15) is 4.79 Å². The Labute approximate surface area is 110 Å². The Bertz CT molecular complexity index is 589. The Balaban J connectivity index is 2.01. The van der Waals surface area contributed by atoms with Crippen LogP contribution in [0.25, 0.3) is 6.08 Å². The molecule has 1 N–H and O–H groups in total. The zero-order chi connectivity index (χ0) is 13.0. The molecule has 1 heterocycles. The highest BCUT2D eigenvalue weighted by atomic mass is 35.5. The maximum atomic E-state index is 11.6. The Morgan fingerprint density at radius 3 is 2.83 bits per heavy atom. The third-order valence-corrected chi connectivity index (χ3v) is 2.63. The molecule has 5 heteroatoms. The van der Waals surface area contributed by atoms with Crippen LogP contribution in [-0.2, 0) is 11.8 Å². The lowest BCUT2D eigenvalue weighted by Gasteiger charge is -1.98. The number of benzene rings is 1. The lowest BCUT2D eigenvalue weighted by molar-refractivity contribution is -0.111. The van der Waals surface area contributed by atoms with Gasteiger partial charge in [0.15, 0.2) is 5.82 Å². The van der Waals surface area contributed by atoms with Crippen molar-refractivity contribution < 1.29 is 4.79 Å². The zero-order valence-electron chi connectivity index (χ0n) is 9.80. The van der Waals surface area contributed by atoms with Gasteiger partial charge in [-0.15, -0.1) is 0 Å². The molecule has 0 bridgehead atoms. The third kappa shape index (κ3) is 3.21. The second kappa shape index (κ2) is 5.51. The fourth-order valence-corrected chi connectivity index (χ4v) is 1.62. The summed E-state index contributed by atoms with van der Waals surface area (Å²) in [5.41, 5.74) is 0.801. The molecule has 0 unspecified atom stereocenters. The van der Waals surface area contributed by atoms with Crippen molar-refractivity contribution in [2.45, 2.75) is 0 Å². The van der Waals surface area contributed by atoms with Gasteiger partial charge in [-0.25, -0.2) is 0 Å². The smallest absolute Gasteiger partial charge is 0.249 e. The van der Waals surface area contributed by atoms with Gasteiger partial charge >= 0.3 is 0 Å². The molecule has 1 amide bonds. The summed E-state index contributed by atoms with van der Waals surface area (Å²) in [7, 11) is 1.79. The summed E-state index contributed by atoms with van der Waals surface area (Å²) >= 11 is 5.97. The minimum Gasteiger partial charge on any atom is -0.306 e. The van der Waals surface area contributed by atoms with Gasteiger partial charge in [-0.2, -0.15) is 5.10 Å². The molecule has 4 nitrogen and oxygen atoms in total. The van der Waals surface area contributed by atoms with Crippen LogP contribution in [0.2, 0.25) is 5.02 Å². The van der Waals surface area contributed by atoms with E-state index in [0.29, 0.717) is 10.8 Å². The minimum atomic E-state index is -0.242. The molecule has 2 rings (SSSR count). The molecule has 0 aliphatic rings. The van der Waals surface area contributed by atoms with Crippen molar-refractivity contribution in [1.82, 2.24) is 9.78 Å². The van der Waals surface area contributed by atoms with E-state index in [0.717, 1.165) is 5.56 Å². The van der Waals surface area contributed by atoms with E-state index in [-0.39, 0.29) is 5.91 Å². The molecule has 1 aromatic carbocycles. The molecule has 0 aliphatic carbocycles. The summed E-state index contributed by atoms with van der Waals surface area (Å²) in [6, 6.07) is 9.04. The molecule has 0 atom stereocenters. The average molecular weight is 262 g/mol. The number of rotatable bonds is 3. The van der Waals surface area contributed by atoms with Gasteiger partial charge in [0.2, 0.25) is 5.91 Å². The first kappa shape index (κ1) is 12.4. The molecule has 0 radical (unpaired) electrons. The molecule has 92 valence electrons. The fraction of sp³-hybridized carbons (Fsp3) is 0.0769. The summed E-state index contributed by atoms with van der Waals surface area (Å²) in [6.45, 7) is 0. The molecule has 0 fully saturated rings. The predicted octanol–water partition coefficient (Wildman–Crippen LogP) is 2.73. The van der Waals surface area contributed by atoms with Crippen molar-refractivity contribution >= 4 is 29.4 Å². The van der Waals surface area contributed by atoms with Crippen molar-refractivity contribution in [2.24, 2.45) is 7.05 Å². The Morgan fingerprint density at radius 1 is 1.39 bits per heavy atom. The number of amides is 1. The molecular formula is C13H12ClN3O. The number of hydrogen-bond acceptors (Lipinski definition) is 2. The van der Waals surface area contributed by atoms with Crippen LogP contribution >= 0.6 is 11.6 Å². The van der Waals surface area contributed by atoms with Crippen LogP contribution in [-0.4, -0.2) is 15.7 Å². The van der Waals surface area contributed by atoms with E-state index in [1.807, 2.05) is 18.2 Å². The Kier molecular flexibility index (Phi) is 3.79. The first-order valence-corrected chi connectivity index (χ1v) is 5.76. The van der Waals surface area contributed by atoms with Gasteiger partial charge in [0.05, 0.1) is 0 Å². The van der Waals surface area contributed by atoms with Gasteiger partial charge in [0.25, 0.3) is 0 Å². The van der Waals surface area contributed by atoms with E-state index in [2.05, 4.69) is 10.4 Å². The van der Waals surface area contributed by atoms with Crippen LogP contribution in [0.3, 0.4) is 0 Å². The molecule has 0 saturated heterocycles. The van der Waals surface area contributed by atoms with Crippen molar-refractivity contribution in [1.29, 1.82) is 0 Å². The van der Waals surface area contributed by atoms with Gasteiger partial charge < -0.3 is 5.32 Å². The lowest BCUT2D eigenvalue weighted by atomic mass is 10.2. The summed E-state index contributed by atoms with van der Waals surface area (Å²) in [5.74, 6) is 0.278. The molecule has 0 aliphatic heterocycles. The van der Waals surface area contributed by atoms with Gasteiger partial charge in [0.1, 0.15) is 0 Å². The standard InChI is InChI=1S/C13H12ClN3O/c1-17-9-8-12(16-17)15-13(18)7-6-10-4-2-3-5-11(10)14/h2-9H,1H3,(H,15,16,18)/b7-6+. The number of anilines is 1. The fourth-order valence-electron chi connectivity index (χ4n) is 1.43. The quantitative estimate of drug-likeness (QED) is 0.864. The van der Waals surface area contributed by atoms with Crippen molar-refractivity contribution in [3.05, 3.63) is 53.2 Å². The number of aromatic nitrogens is 2. The van der Waals surface area contributed by atoms with E-state index in [1.54, 1.807) is 36.1 Å². The monoisotopic (exact) mass is 261 g/mol. The summed E-state index contributed by atoms with van der Waals surface area (Å²) < 4.78 is 1.62. The van der Waals surface area contributed by atoms with Crippen LogP contribution in [0, 0.1) is 0 Å². The Morgan fingerprint density at radius 2 is 2.17 bits per heavy atom. The van der Waals surface area contributed by atoms with Crippen LogP contribution in [0.15, 0.2) is 42.6 Å². The summed E-state index contributed by atoms with van der Waals surface area (Å²) in [5, 5.41) is 7.31. The van der Waals surface area contributed by atoms with Crippen molar-refractivity contribution in [3.8, 4) is 0 Å². The maximum absolute atomic E-state index is 11.6. The van der Waals surface area contributed by atoms with Gasteiger partial charge in [-0.05, 0) is 17.7 Å². The second-order valence-electron chi connectivity index (χ2n) is 3.72. The molecule has 0 spiro atoms. The summed E-state index contributed by atoms with van der Waals surface area (Å²) in [4.78, 5) is 11.6. The highest BCUT2D eigenvalue weighted by molar-refractivity contribution is 6.32. The van der Waals surface area contributed by atoms with Crippen LogP contribution in [0.4, 0.5) is 5.82 Å². The molecule has 2 aromatic rings. The molecule has 18 heavy (non-hydrogen) atoms. The Hall–Kier alpha value is -2.07. The number of aryl methyl sites for hydroxylation is 1. The normalized spacial score (nSPS) is 10.8. The van der Waals surface area contributed by atoms with E-state index in [4.69, 9.17) is 11.6 Å². The number of halogens is 1. The number of nitrogens with one attached hydrogen (secondary N) is 1. The van der Waals surface area contributed by atoms with Crippen molar-refractivity contribution in [3.63, 3.8) is 0 Å². The van der Waals surface area contributed by atoms with Crippen LogP contribution < -0.4 is 5.32 Å². The largest absolute Gasteiger partial charge is 0.306 e. The molecule has 1 aromatic heterocycles. The van der Waals surface area contributed by atoms with E-state index in [1.165, 1.54) is 6.08 Å². The first-order valence-electron chi connectivity index (χ1n) is 5.38. The van der Waals surface area contributed by atoms with Gasteiger partial charge in [-0.1, -0.05) is 29.8 Å². The number of carbonyl (C=O) groups is 1.